The fourth-order valence-corrected chi connectivity index (χ4v) is 4.96. The molecule has 4 rings (SSSR count). The van der Waals surface area contributed by atoms with Crippen molar-refractivity contribution >= 4 is 11.0 Å². The third kappa shape index (κ3) is 2.79. The lowest BCUT2D eigenvalue weighted by Crippen LogP contribution is -2.36. The summed E-state index contributed by atoms with van der Waals surface area (Å²) >= 11 is 0. The summed E-state index contributed by atoms with van der Waals surface area (Å²) < 4.78 is 5.40. The van der Waals surface area contributed by atoms with Crippen molar-refractivity contribution in [2.24, 2.45) is 17.8 Å². The molecule has 2 fully saturated rings. The maximum atomic E-state index is 11.9. The Kier molecular flexibility index (Phi) is 4.00. The van der Waals surface area contributed by atoms with E-state index in [1.807, 2.05) is 6.07 Å². The predicted molar refractivity (Wildman–Crippen MR) is 97.2 cm³/mol. The van der Waals surface area contributed by atoms with Crippen LogP contribution in [0.15, 0.2) is 27.4 Å². The van der Waals surface area contributed by atoms with Crippen molar-refractivity contribution in [2.75, 3.05) is 0 Å². The SMILES string of the molecule is Cc1cc2oc(=O)cc(CN[C@@H](C)[C@H]3C[C@H]4CC[C@H]3C4)c2cc1C. The molecule has 2 aliphatic rings. The first-order valence-electron chi connectivity index (χ1n) is 9.28. The van der Waals surface area contributed by atoms with Crippen LogP contribution in [-0.2, 0) is 6.54 Å². The molecule has 1 aromatic carbocycles. The Labute approximate surface area is 143 Å². The van der Waals surface area contributed by atoms with E-state index in [1.165, 1.54) is 31.2 Å². The molecule has 0 amide bonds. The summed E-state index contributed by atoms with van der Waals surface area (Å²) in [6, 6.07) is 6.29. The Morgan fingerprint density at radius 1 is 1.17 bits per heavy atom. The Morgan fingerprint density at radius 3 is 2.67 bits per heavy atom. The van der Waals surface area contributed by atoms with Gasteiger partial charge in [-0.05, 0) is 86.6 Å². The average molecular weight is 325 g/mol. The van der Waals surface area contributed by atoms with Crippen molar-refractivity contribution in [1.82, 2.24) is 5.32 Å². The fourth-order valence-electron chi connectivity index (χ4n) is 4.96. The van der Waals surface area contributed by atoms with Gasteiger partial charge in [0.05, 0.1) is 0 Å². The third-order valence-corrected chi connectivity index (χ3v) is 6.49. The lowest BCUT2D eigenvalue weighted by atomic mass is 9.84. The van der Waals surface area contributed by atoms with Gasteiger partial charge in [-0.15, -0.1) is 0 Å². The first kappa shape index (κ1) is 15.9. The van der Waals surface area contributed by atoms with Gasteiger partial charge >= 0.3 is 5.63 Å². The van der Waals surface area contributed by atoms with Crippen LogP contribution in [0.2, 0.25) is 0 Å². The van der Waals surface area contributed by atoms with Crippen LogP contribution in [0.5, 0.6) is 0 Å². The van der Waals surface area contributed by atoms with Crippen molar-refractivity contribution in [3.8, 4) is 0 Å². The molecule has 0 spiro atoms. The van der Waals surface area contributed by atoms with Crippen LogP contribution in [-0.4, -0.2) is 6.04 Å². The van der Waals surface area contributed by atoms with Crippen molar-refractivity contribution in [3.63, 3.8) is 0 Å². The lowest BCUT2D eigenvalue weighted by Gasteiger charge is -2.28. The number of nitrogens with one attached hydrogen (secondary N) is 1. The van der Waals surface area contributed by atoms with Crippen LogP contribution in [0.4, 0.5) is 0 Å². The van der Waals surface area contributed by atoms with Gasteiger partial charge < -0.3 is 9.73 Å². The molecule has 24 heavy (non-hydrogen) atoms. The molecule has 0 saturated heterocycles. The topological polar surface area (TPSA) is 42.2 Å². The molecular formula is C21H27NO2. The van der Waals surface area contributed by atoms with Gasteiger partial charge in [0, 0.05) is 24.0 Å². The zero-order valence-corrected chi connectivity index (χ0v) is 14.9. The van der Waals surface area contributed by atoms with Gasteiger partial charge in [-0.1, -0.05) is 6.42 Å². The molecule has 0 aliphatic heterocycles. The lowest BCUT2D eigenvalue weighted by molar-refractivity contribution is 0.259. The van der Waals surface area contributed by atoms with Crippen molar-refractivity contribution < 1.29 is 4.42 Å². The van der Waals surface area contributed by atoms with Gasteiger partial charge in [0.2, 0.25) is 0 Å². The summed E-state index contributed by atoms with van der Waals surface area (Å²) in [5.74, 6) is 2.69. The molecule has 3 heteroatoms. The molecule has 0 unspecified atom stereocenters. The number of hydrogen-bond donors (Lipinski definition) is 1. The number of hydrogen-bond acceptors (Lipinski definition) is 3. The Hall–Kier alpha value is -1.61. The maximum Gasteiger partial charge on any atom is 0.336 e. The molecule has 4 atom stereocenters. The fraction of sp³-hybridized carbons (Fsp3) is 0.571. The van der Waals surface area contributed by atoms with Gasteiger partial charge in [-0.25, -0.2) is 4.79 Å². The number of fused-ring (bicyclic) bond motifs is 3. The van der Waals surface area contributed by atoms with E-state index in [0.717, 1.165) is 40.8 Å². The summed E-state index contributed by atoms with van der Waals surface area (Å²) in [5.41, 5.74) is 3.90. The van der Waals surface area contributed by atoms with E-state index in [1.54, 1.807) is 6.07 Å². The largest absolute Gasteiger partial charge is 0.423 e. The highest BCUT2D eigenvalue weighted by atomic mass is 16.4. The highest BCUT2D eigenvalue weighted by Gasteiger charge is 2.41. The van der Waals surface area contributed by atoms with Crippen LogP contribution < -0.4 is 10.9 Å². The van der Waals surface area contributed by atoms with Gasteiger partial charge in [-0.3, -0.25) is 0 Å². The zero-order chi connectivity index (χ0) is 16.8. The first-order chi connectivity index (χ1) is 11.5. The second kappa shape index (κ2) is 6.03. The minimum atomic E-state index is -0.255. The zero-order valence-electron chi connectivity index (χ0n) is 14.9. The summed E-state index contributed by atoms with van der Waals surface area (Å²) in [6.45, 7) is 7.21. The van der Waals surface area contributed by atoms with E-state index >= 15 is 0 Å². The molecule has 3 nitrogen and oxygen atoms in total. The molecule has 2 aliphatic carbocycles. The van der Waals surface area contributed by atoms with Crippen molar-refractivity contribution in [2.45, 2.75) is 59.0 Å². The maximum absolute atomic E-state index is 11.9. The molecule has 1 aromatic heterocycles. The highest BCUT2D eigenvalue weighted by Crippen LogP contribution is 2.49. The standard InChI is InChI=1S/C21H27NO2/c1-12-6-19-17(10-21(23)24-20(19)7-13(12)2)11-22-14(3)18-9-15-4-5-16(18)8-15/h6-7,10,14-16,18,22H,4-5,8-9,11H2,1-3H3/t14-,15-,16-,18+/m0/s1. The van der Waals surface area contributed by atoms with Gasteiger partial charge in [-0.2, -0.15) is 0 Å². The minimum Gasteiger partial charge on any atom is -0.423 e. The normalized spacial score (nSPS) is 27.0. The average Bonchev–Trinajstić information content (AvgIpc) is 3.17. The molecular weight excluding hydrogens is 298 g/mol. The minimum absolute atomic E-state index is 0.255. The third-order valence-electron chi connectivity index (χ3n) is 6.49. The molecule has 0 radical (unpaired) electrons. The Balaban J connectivity index is 1.56. The number of benzene rings is 1. The van der Waals surface area contributed by atoms with Crippen LogP contribution >= 0.6 is 0 Å². The smallest absolute Gasteiger partial charge is 0.336 e. The van der Waals surface area contributed by atoms with Gasteiger partial charge in [0.15, 0.2) is 0 Å². The van der Waals surface area contributed by atoms with Crippen molar-refractivity contribution in [3.05, 3.63) is 45.3 Å². The molecule has 2 bridgehead atoms. The summed E-state index contributed by atoms with van der Waals surface area (Å²) in [7, 11) is 0. The molecule has 2 aromatic rings. The number of rotatable bonds is 4. The van der Waals surface area contributed by atoms with E-state index in [4.69, 9.17) is 4.42 Å². The molecule has 2 saturated carbocycles. The molecule has 1 heterocycles. The summed E-state index contributed by atoms with van der Waals surface area (Å²) in [6.07, 6.45) is 5.68. The van der Waals surface area contributed by atoms with Crippen LogP contribution in [0.1, 0.15) is 49.3 Å². The second-order valence-electron chi connectivity index (χ2n) is 8.03. The van der Waals surface area contributed by atoms with Gasteiger partial charge in [0.25, 0.3) is 0 Å². The van der Waals surface area contributed by atoms with Crippen LogP contribution in [0, 0.1) is 31.6 Å². The Bertz CT molecular complexity index is 822. The highest BCUT2D eigenvalue weighted by molar-refractivity contribution is 5.81. The Morgan fingerprint density at radius 2 is 1.96 bits per heavy atom. The quantitative estimate of drug-likeness (QED) is 0.851. The predicted octanol–water partition coefficient (Wildman–Crippen LogP) is 4.32. The van der Waals surface area contributed by atoms with E-state index in [-0.39, 0.29) is 5.63 Å². The van der Waals surface area contributed by atoms with Crippen LogP contribution in [0.3, 0.4) is 0 Å². The van der Waals surface area contributed by atoms with E-state index in [0.29, 0.717) is 11.6 Å². The number of aryl methyl sites for hydroxylation is 2. The summed E-state index contributed by atoms with van der Waals surface area (Å²) in [4.78, 5) is 11.9. The summed E-state index contributed by atoms with van der Waals surface area (Å²) in [5, 5.41) is 4.76. The van der Waals surface area contributed by atoms with E-state index in [9.17, 15) is 4.79 Å². The molecule has 128 valence electrons. The van der Waals surface area contributed by atoms with Gasteiger partial charge in [0.1, 0.15) is 5.58 Å². The van der Waals surface area contributed by atoms with E-state index in [2.05, 4.69) is 32.2 Å². The van der Waals surface area contributed by atoms with Crippen LogP contribution in [0.25, 0.3) is 11.0 Å². The van der Waals surface area contributed by atoms with Crippen molar-refractivity contribution in [1.29, 1.82) is 0 Å². The van der Waals surface area contributed by atoms with E-state index < -0.39 is 0 Å². The second-order valence-corrected chi connectivity index (χ2v) is 8.03. The first-order valence-corrected chi connectivity index (χ1v) is 9.28. The molecule has 1 N–H and O–H groups in total. The monoisotopic (exact) mass is 325 g/mol.